The number of Topliss-reactive ketones (excluding diaryl/α,β-unsaturated/α-hetero) is 1. The molecule has 2 aromatic heterocycles. The molecular formula is C28H30N6O6S. The first-order chi connectivity index (χ1) is 19.7. The van der Waals surface area contributed by atoms with Gasteiger partial charge >= 0.3 is 11.7 Å². The maximum Gasteiger partial charge on any atom is 0.333 e. The third-order valence-electron chi connectivity index (χ3n) is 6.29. The number of rotatable bonds is 12. The first-order valence-electron chi connectivity index (χ1n) is 12.6. The molecule has 13 heteroatoms. The van der Waals surface area contributed by atoms with E-state index in [0.29, 0.717) is 34.3 Å². The van der Waals surface area contributed by atoms with E-state index < -0.39 is 35.1 Å². The molecule has 0 fully saturated rings. The van der Waals surface area contributed by atoms with Crippen molar-refractivity contribution in [2.75, 3.05) is 32.3 Å². The first-order valence-corrected chi connectivity index (χ1v) is 13.6. The molecule has 0 radical (unpaired) electrons. The molecule has 0 aliphatic heterocycles. The van der Waals surface area contributed by atoms with Crippen LogP contribution in [0.5, 0.6) is 0 Å². The second kappa shape index (κ2) is 13.2. The Morgan fingerprint density at radius 1 is 0.976 bits per heavy atom. The number of carbonyl (C=O) groups is 2. The average Bonchev–Trinajstić information content (AvgIpc) is 3.38. The number of nitrogen functional groups attached to an aromatic ring is 1. The Morgan fingerprint density at radius 2 is 1.73 bits per heavy atom. The lowest BCUT2D eigenvalue weighted by Crippen LogP contribution is -2.45. The molecule has 4 aromatic rings. The quantitative estimate of drug-likeness (QED) is 0.150. The lowest BCUT2D eigenvalue weighted by molar-refractivity contribution is -0.141. The van der Waals surface area contributed by atoms with Gasteiger partial charge in [0.05, 0.1) is 32.6 Å². The number of ketones is 1. The highest BCUT2D eigenvalue weighted by molar-refractivity contribution is 7.99. The molecule has 41 heavy (non-hydrogen) atoms. The predicted molar refractivity (Wildman–Crippen MR) is 154 cm³/mol. The molecular weight excluding hydrogens is 548 g/mol. The van der Waals surface area contributed by atoms with Gasteiger partial charge in [-0.1, -0.05) is 65.9 Å². The molecule has 0 aliphatic carbocycles. The van der Waals surface area contributed by atoms with E-state index >= 15 is 0 Å². The molecule has 4 rings (SSSR count). The fraction of sp³-hybridized carbons (Fsp3) is 0.286. The maximum absolute atomic E-state index is 13.5. The van der Waals surface area contributed by atoms with Crippen molar-refractivity contribution >= 4 is 29.3 Å². The molecule has 0 bridgehead atoms. The molecule has 12 nitrogen and oxygen atoms in total. The third-order valence-corrected chi connectivity index (χ3v) is 7.26. The van der Waals surface area contributed by atoms with E-state index in [1.807, 2.05) is 41.8 Å². The summed E-state index contributed by atoms with van der Waals surface area (Å²) in [5.41, 5.74) is 6.72. The van der Waals surface area contributed by atoms with Gasteiger partial charge in [0, 0.05) is 12.7 Å². The standard InChI is InChI=1S/C28H30N6O6S/c1-18-8-7-11-20(14-18)25-30-31-27(32(25)12-13-39-2)41-17-21(35)23-24(29)33(15-19-9-5-4-6-10-19)28(38)34(26(23)37)16-22(36)40-3/h4-11,14H,12-13,15-17,29H2,1-3H3. The number of ether oxygens (including phenoxy) is 2. The monoisotopic (exact) mass is 578 g/mol. The molecule has 2 heterocycles. The Labute approximate surface area is 239 Å². The smallest absolute Gasteiger partial charge is 0.333 e. The number of nitrogens with two attached hydrogens (primary N) is 1. The van der Waals surface area contributed by atoms with E-state index in [1.165, 1.54) is 0 Å². The van der Waals surface area contributed by atoms with E-state index in [0.717, 1.165) is 34.6 Å². The van der Waals surface area contributed by atoms with Gasteiger partial charge in [-0.3, -0.25) is 23.5 Å². The second-order valence-electron chi connectivity index (χ2n) is 9.11. The van der Waals surface area contributed by atoms with Crippen molar-refractivity contribution < 1.29 is 19.1 Å². The molecule has 0 saturated heterocycles. The summed E-state index contributed by atoms with van der Waals surface area (Å²) in [6.07, 6.45) is 0. The van der Waals surface area contributed by atoms with Gasteiger partial charge in [-0.25, -0.2) is 9.36 Å². The lowest BCUT2D eigenvalue weighted by Gasteiger charge is -2.16. The fourth-order valence-electron chi connectivity index (χ4n) is 4.21. The zero-order valence-corrected chi connectivity index (χ0v) is 23.7. The van der Waals surface area contributed by atoms with Crippen LogP contribution in [-0.2, 0) is 33.9 Å². The van der Waals surface area contributed by atoms with Crippen molar-refractivity contribution in [3.63, 3.8) is 0 Å². The lowest BCUT2D eigenvalue weighted by atomic mass is 10.1. The Balaban J connectivity index is 1.70. The van der Waals surface area contributed by atoms with Gasteiger partial charge in [0.2, 0.25) is 0 Å². The Bertz CT molecular complexity index is 1680. The summed E-state index contributed by atoms with van der Waals surface area (Å²) in [6.45, 7) is 2.11. The minimum atomic E-state index is -0.964. The highest BCUT2D eigenvalue weighted by Crippen LogP contribution is 2.25. The van der Waals surface area contributed by atoms with Crippen LogP contribution < -0.4 is 17.0 Å². The predicted octanol–water partition coefficient (Wildman–Crippen LogP) is 2.00. The van der Waals surface area contributed by atoms with Crippen molar-refractivity contribution in [2.45, 2.75) is 31.7 Å². The summed E-state index contributed by atoms with van der Waals surface area (Å²) < 4.78 is 13.5. The van der Waals surface area contributed by atoms with Crippen LogP contribution in [0.15, 0.2) is 69.3 Å². The molecule has 0 spiro atoms. The minimum Gasteiger partial charge on any atom is -0.468 e. The minimum absolute atomic E-state index is 0.00835. The number of aryl methyl sites for hydroxylation is 1. The summed E-state index contributed by atoms with van der Waals surface area (Å²) >= 11 is 1.08. The van der Waals surface area contributed by atoms with Crippen molar-refractivity contribution in [1.82, 2.24) is 23.9 Å². The number of esters is 1. The molecule has 2 N–H and O–H groups in total. The van der Waals surface area contributed by atoms with Crippen LogP contribution in [0.3, 0.4) is 0 Å². The fourth-order valence-corrected chi connectivity index (χ4v) is 5.05. The summed E-state index contributed by atoms with van der Waals surface area (Å²) in [7, 11) is 2.72. The van der Waals surface area contributed by atoms with Crippen LogP contribution in [0.25, 0.3) is 11.4 Å². The number of anilines is 1. The van der Waals surface area contributed by atoms with Crippen LogP contribution in [-0.4, -0.2) is 62.2 Å². The highest BCUT2D eigenvalue weighted by atomic mass is 32.2. The number of benzene rings is 2. The van der Waals surface area contributed by atoms with Crippen LogP contribution in [0, 0.1) is 6.92 Å². The average molecular weight is 579 g/mol. The summed E-state index contributed by atoms with van der Waals surface area (Å²) in [4.78, 5) is 52.1. The Morgan fingerprint density at radius 3 is 2.41 bits per heavy atom. The van der Waals surface area contributed by atoms with E-state index in [2.05, 4.69) is 14.9 Å². The normalized spacial score (nSPS) is 11.0. The Hall–Kier alpha value is -4.49. The number of carbonyl (C=O) groups excluding carboxylic acids is 2. The number of aromatic nitrogens is 5. The molecule has 0 amide bonds. The van der Waals surface area contributed by atoms with Crippen molar-refractivity contribution in [3.05, 3.63) is 92.1 Å². The van der Waals surface area contributed by atoms with Gasteiger partial charge in [0.1, 0.15) is 17.9 Å². The summed E-state index contributed by atoms with van der Waals surface area (Å²) in [5.74, 6) is -1.34. The van der Waals surface area contributed by atoms with Crippen LogP contribution >= 0.6 is 11.8 Å². The maximum atomic E-state index is 13.5. The van der Waals surface area contributed by atoms with E-state index in [4.69, 9.17) is 10.5 Å². The van der Waals surface area contributed by atoms with E-state index in [1.54, 1.807) is 31.4 Å². The number of hydrogen-bond donors (Lipinski definition) is 1. The van der Waals surface area contributed by atoms with Crippen LogP contribution in [0.2, 0.25) is 0 Å². The van der Waals surface area contributed by atoms with Crippen LogP contribution in [0.4, 0.5) is 5.82 Å². The molecule has 214 valence electrons. The van der Waals surface area contributed by atoms with Gasteiger partial charge in [0.15, 0.2) is 16.8 Å². The van der Waals surface area contributed by atoms with Gasteiger partial charge in [-0.2, -0.15) is 0 Å². The van der Waals surface area contributed by atoms with Crippen molar-refractivity contribution in [1.29, 1.82) is 0 Å². The highest BCUT2D eigenvalue weighted by Gasteiger charge is 2.25. The van der Waals surface area contributed by atoms with E-state index in [9.17, 15) is 19.2 Å². The first kappa shape index (κ1) is 29.5. The van der Waals surface area contributed by atoms with Crippen molar-refractivity contribution in [3.8, 4) is 11.4 Å². The van der Waals surface area contributed by atoms with Gasteiger partial charge in [-0.05, 0) is 18.6 Å². The zero-order chi connectivity index (χ0) is 29.5. The number of nitrogens with zero attached hydrogens (tertiary/aromatic N) is 5. The van der Waals surface area contributed by atoms with Gasteiger partial charge in [-0.15, -0.1) is 10.2 Å². The molecule has 0 aliphatic rings. The van der Waals surface area contributed by atoms with Crippen LogP contribution in [0.1, 0.15) is 21.5 Å². The molecule has 2 aromatic carbocycles. The summed E-state index contributed by atoms with van der Waals surface area (Å²) in [6, 6.07) is 16.7. The second-order valence-corrected chi connectivity index (χ2v) is 10.1. The number of thioether (sulfide) groups is 1. The molecule has 0 atom stereocenters. The zero-order valence-electron chi connectivity index (χ0n) is 22.9. The Kier molecular flexibility index (Phi) is 9.53. The SMILES string of the molecule is COCCn1c(SCC(=O)c2c(N)n(Cc3ccccc3)c(=O)n(CC(=O)OC)c2=O)nnc1-c1cccc(C)c1. The number of hydrogen-bond acceptors (Lipinski definition) is 10. The molecule has 0 unspecified atom stereocenters. The van der Waals surface area contributed by atoms with Gasteiger partial charge in [0.25, 0.3) is 5.56 Å². The van der Waals surface area contributed by atoms with Crippen molar-refractivity contribution in [2.24, 2.45) is 0 Å². The number of methoxy groups -OCH3 is 2. The largest absolute Gasteiger partial charge is 0.468 e. The topological polar surface area (TPSA) is 153 Å². The van der Waals surface area contributed by atoms with Gasteiger partial charge < -0.3 is 15.2 Å². The van der Waals surface area contributed by atoms with E-state index in [-0.39, 0.29) is 18.1 Å². The third kappa shape index (κ3) is 6.64. The molecule has 0 saturated carbocycles. The summed E-state index contributed by atoms with van der Waals surface area (Å²) in [5, 5.41) is 9.05.